The summed E-state index contributed by atoms with van der Waals surface area (Å²) in [5, 5.41) is 5.34. The SMILES string of the molecule is Cn1ncnc1SC(CCN)c1ccccc1. The van der Waals surface area contributed by atoms with Gasteiger partial charge in [-0.05, 0) is 18.5 Å². The number of hydrogen-bond donors (Lipinski definition) is 1. The van der Waals surface area contributed by atoms with Crippen molar-refractivity contribution in [3.63, 3.8) is 0 Å². The fourth-order valence-corrected chi connectivity index (χ4v) is 2.74. The molecule has 0 aliphatic heterocycles. The lowest BCUT2D eigenvalue weighted by Gasteiger charge is -2.15. The molecular formula is C12H16N4S. The van der Waals surface area contributed by atoms with Crippen LogP contribution in [0.2, 0.25) is 0 Å². The van der Waals surface area contributed by atoms with Crippen LogP contribution in [-0.4, -0.2) is 21.3 Å². The van der Waals surface area contributed by atoms with Gasteiger partial charge in [-0.25, -0.2) is 9.67 Å². The minimum absolute atomic E-state index is 0.337. The highest BCUT2D eigenvalue weighted by Gasteiger charge is 2.14. The number of thioether (sulfide) groups is 1. The average molecular weight is 248 g/mol. The van der Waals surface area contributed by atoms with Crippen LogP contribution in [-0.2, 0) is 7.05 Å². The van der Waals surface area contributed by atoms with Crippen molar-refractivity contribution >= 4 is 11.8 Å². The Morgan fingerprint density at radius 3 is 2.71 bits per heavy atom. The van der Waals surface area contributed by atoms with Crippen molar-refractivity contribution in [2.45, 2.75) is 16.8 Å². The van der Waals surface area contributed by atoms with E-state index in [1.165, 1.54) is 5.56 Å². The van der Waals surface area contributed by atoms with E-state index in [0.717, 1.165) is 11.6 Å². The Balaban J connectivity index is 2.16. The predicted molar refractivity (Wildman–Crippen MR) is 69.7 cm³/mol. The molecule has 5 heteroatoms. The fraction of sp³-hybridized carbons (Fsp3) is 0.333. The van der Waals surface area contributed by atoms with Gasteiger partial charge in [0.1, 0.15) is 6.33 Å². The Hall–Kier alpha value is -1.33. The second-order valence-corrected chi connectivity index (χ2v) is 4.93. The maximum Gasteiger partial charge on any atom is 0.186 e. The molecule has 0 aliphatic carbocycles. The molecule has 0 bridgehead atoms. The van der Waals surface area contributed by atoms with Gasteiger partial charge in [-0.1, -0.05) is 42.1 Å². The molecule has 0 saturated carbocycles. The van der Waals surface area contributed by atoms with E-state index in [0.29, 0.717) is 11.8 Å². The van der Waals surface area contributed by atoms with Crippen LogP contribution >= 0.6 is 11.8 Å². The highest BCUT2D eigenvalue weighted by molar-refractivity contribution is 7.99. The highest BCUT2D eigenvalue weighted by Crippen LogP contribution is 2.35. The van der Waals surface area contributed by atoms with Crippen molar-refractivity contribution in [1.29, 1.82) is 0 Å². The first-order valence-corrected chi connectivity index (χ1v) is 6.45. The van der Waals surface area contributed by atoms with Crippen molar-refractivity contribution < 1.29 is 0 Å². The lowest BCUT2D eigenvalue weighted by Crippen LogP contribution is -2.06. The minimum atomic E-state index is 0.337. The predicted octanol–water partition coefficient (Wildman–Crippen LogP) is 2.00. The molecule has 2 rings (SSSR count). The molecule has 0 fully saturated rings. The molecule has 17 heavy (non-hydrogen) atoms. The zero-order valence-corrected chi connectivity index (χ0v) is 10.6. The summed E-state index contributed by atoms with van der Waals surface area (Å²) < 4.78 is 1.79. The third-order valence-corrected chi connectivity index (χ3v) is 3.89. The van der Waals surface area contributed by atoms with Gasteiger partial charge in [0, 0.05) is 12.3 Å². The van der Waals surface area contributed by atoms with Gasteiger partial charge in [0.15, 0.2) is 5.16 Å². The maximum atomic E-state index is 5.68. The molecule has 1 aromatic heterocycles. The van der Waals surface area contributed by atoms with E-state index in [2.05, 4.69) is 34.3 Å². The molecule has 2 N–H and O–H groups in total. The number of aromatic nitrogens is 3. The molecule has 0 aliphatic rings. The molecule has 1 heterocycles. The first-order chi connectivity index (χ1) is 8.31. The van der Waals surface area contributed by atoms with Crippen LogP contribution in [0, 0.1) is 0 Å². The molecular weight excluding hydrogens is 232 g/mol. The van der Waals surface area contributed by atoms with Crippen LogP contribution in [0.5, 0.6) is 0 Å². The summed E-state index contributed by atoms with van der Waals surface area (Å²) in [4.78, 5) is 4.24. The number of rotatable bonds is 5. The van der Waals surface area contributed by atoms with Crippen molar-refractivity contribution in [3.8, 4) is 0 Å². The van der Waals surface area contributed by atoms with Crippen LogP contribution in [0.15, 0.2) is 41.8 Å². The molecule has 1 atom stereocenters. The summed E-state index contributed by atoms with van der Waals surface area (Å²) in [5.74, 6) is 0. The van der Waals surface area contributed by atoms with E-state index in [-0.39, 0.29) is 0 Å². The van der Waals surface area contributed by atoms with Gasteiger partial charge in [0.25, 0.3) is 0 Å². The van der Waals surface area contributed by atoms with Crippen LogP contribution < -0.4 is 5.73 Å². The summed E-state index contributed by atoms with van der Waals surface area (Å²) in [7, 11) is 1.90. The quantitative estimate of drug-likeness (QED) is 0.822. The summed E-state index contributed by atoms with van der Waals surface area (Å²) in [6.07, 6.45) is 2.51. The Morgan fingerprint density at radius 1 is 1.35 bits per heavy atom. The number of nitrogens with two attached hydrogens (primary N) is 1. The standard InChI is InChI=1S/C12H16N4S/c1-16-12(14-9-15-16)17-11(7-8-13)10-5-3-2-4-6-10/h2-6,9,11H,7-8,13H2,1H3. The molecule has 0 radical (unpaired) electrons. The largest absolute Gasteiger partial charge is 0.330 e. The van der Waals surface area contributed by atoms with Crippen LogP contribution in [0.4, 0.5) is 0 Å². The third kappa shape index (κ3) is 3.08. The Kier molecular flexibility index (Phi) is 4.17. The smallest absolute Gasteiger partial charge is 0.186 e. The van der Waals surface area contributed by atoms with Crippen molar-refractivity contribution in [1.82, 2.24) is 14.8 Å². The Morgan fingerprint density at radius 2 is 2.12 bits per heavy atom. The summed E-state index contributed by atoms with van der Waals surface area (Å²) in [5.41, 5.74) is 6.96. The van der Waals surface area contributed by atoms with E-state index in [4.69, 9.17) is 5.73 Å². The van der Waals surface area contributed by atoms with Crippen molar-refractivity contribution in [2.24, 2.45) is 12.8 Å². The van der Waals surface area contributed by atoms with Crippen molar-refractivity contribution in [2.75, 3.05) is 6.54 Å². The average Bonchev–Trinajstić information content (AvgIpc) is 2.76. The number of hydrogen-bond acceptors (Lipinski definition) is 4. The zero-order valence-electron chi connectivity index (χ0n) is 9.78. The van der Waals surface area contributed by atoms with E-state index in [1.807, 2.05) is 13.1 Å². The van der Waals surface area contributed by atoms with Gasteiger partial charge in [-0.2, -0.15) is 5.10 Å². The lowest BCUT2D eigenvalue weighted by molar-refractivity contribution is 0.680. The van der Waals surface area contributed by atoms with E-state index >= 15 is 0 Å². The Labute approximate surface area is 105 Å². The lowest BCUT2D eigenvalue weighted by atomic mass is 10.1. The highest BCUT2D eigenvalue weighted by atomic mass is 32.2. The van der Waals surface area contributed by atoms with E-state index in [1.54, 1.807) is 22.8 Å². The van der Waals surface area contributed by atoms with Gasteiger partial charge in [-0.15, -0.1) is 0 Å². The number of nitrogens with zero attached hydrogens (tertiary/aromatic N) is 3. The molecule has 0 saturated heterocycles. The van der Waals surface area contributed by atoms with Gasteiger partial charge in [0.05, 0.1) is 0 Å². The molecule has 1 unspecified atom stereocenters. The van der Waals surface area contributed by atoms with Gasteiger partial charge < -0.3 is 5.73 Å². The fourth-order valence-electron chi connectivity index (χ4n) is 1.63. The van der Waals surface area contributed by atoms with Crippen molar-refractivity contribution in [3.05, 3.63) is 42.2 Å². The van der Waals surface area contributed by atoms with E-state index in [9.17, 15) is 0 Å². The summed E-state index contributed by atoms with van der Waals surface area (Å²) in [6, 6.07) is 10.4. The number of aryl methyl sites for hydroxylation is 1. The molecule has 90 valence electrons. The molecule has 4 nitrogen and oxygen atoms in total. The van der Waals surface area contributed by atoms with Gasteiger partial charge >= 0.3 is 0 Å². The second kappa shape index (κ2) is 5.84. The summed E-state index contributed by atoms with van der Waals surface area (Å²) in [6.45, 7) is 0.671. The molecule has 1 aromatic carbocycles. The minimum Gasteiger partial charge on any atom is -0.330 e. The second-order valence-electron chi connectivity index (χ2n) is 3.76. The molecule has 0 amide bonds. The molecule has 0 spiro atoms. The van der Waals surface area contributed by atoms with Gasteiger partial charge in [-0.3, -0.25) is 0 Å². The first-order valence-electron chi connectivity index (χ1n) is 5.57. The van der Waals surface area contributed by atoms with Crippen LogP contribution in [0.3, 0.4) is 0 Å². The third-order valence-electron chi connectivity index (χ3n) is 2.52. The van der Waals surface area contributed by atoms with Gasteiger partial charge in [0.2, 0.25) is 0 Å². The maximum absolute atomic E-state index is 5.68. The topological polar surface area (TPSA) is 56.7 Å². The first kappa shape index (κ1) is 12.1. The summed E-state index contributed by atoms with van der Waals surface area (Å²) >= 11 is 1.71. The van der Waals surface area contributed by atoms with E-state index < -0.39 is 0 Å². The monoisotopic (exact) mass is 248 g/mol. The Bertz CT molecular complexity index is 455. The van der Waals surface area contributed by atoms with Crippen LogP contribution in [0.1, 0.15) is 17.2 Å². The molecule has 2 aromatic rings. The van der Waals surface area contributed by atoms with Crippen LogP contribution in [0.25, 0.3) is 0 Å². The normalized spacial score (nSPS) is 12.6. The number of benzene rings is 1. The zero-order chi connectivity index (χ0) is 12.1.